The molecule has 0 saturated heterocycles. The number of aromatic amines is 1. The number of alkyl carbamates (subject to hydrolysis) is 1. The third kappa shape index (κ3) is 7.36. The van der Waals surface area contributed by atoms with Gasteiger partial charge >= 0.3 is 6.09 Å². The van der Waals surface area contributed by atoms with E-state index in [0.29, 0.717) is 19.0 Å². The quantitative estimate of drug-likeness (QED) is 0.522. The molecule has 2 rings (SSSR count). The monoisotopic (exact) mass is 494 g/mol. The number of ether oxygens (including phenoxy) is 2. The van der Waals surface area contributed by atoms with E-state index in [1.54, 1.807) is 18.2 Å². The molecular weight excluding hydrogens is 464 g/mol. The Morgan fingerprint density at radius 1 is 1.19 bits per heavy atom. The summed E-state index contributed by atoms with van der Waals surface area (Å²) in [4.78, 5) is 34.6. The number of halogens is 1. The molecule has 31 heavy (non-hydrogen) atoms. The number of methoxy groups -OCH3 is 2. The molecule has 0 bridgehead atoms. The van der Waals surface area contributed by atoms with Crippen LogP contribution in [0.25, 0.3) is 11.3 Å². The molecule has 2 atom stereocenters. The molecule has 1 aromatic heterocycles. The Hall–Kier alpha value is -2.39. The van der Waals surface area contributed by atoms with Gasteiger partial charge in [-0.2, -0.15) is 0 Å². The summed E-state index contributed by atoms with van der Waals surface area (Å²) >= 11 is 3.44. The molecule has 0 aliphatic carbocycles. The number of hydrogen-bond acceptors (Lipinski definition) is 5. The summed E-state index contributed by atoms with van der Waals surface area (Å²) in [7, 11) is 2.91. The number of benzene rings is 1. The van der Waals surface area contributed by atoms with E-state index in [-0.39, 0.29) is 24.3 Å². The fourth-order valence-electron chi connectivity index (χ4n) is 3.24. The number of hydrogen-bond donors (Lipinski definition) is 2. The lowest BCUT2D eigenvalue weighted by molar-refractivity contribution is -0.136. The minimum atomic E-state index is -0.705. The first-order valence-corrected chi connectivity index (χ1v) is 11.0. The van der Waals surface area contributed by atoms with Gasteiger partial charge in [0.1, 0.15) is 11.9 Å². The largest absolute Gasteiger partial charge is 0.453 e. The smallest absolute Gasteiger partial charge is 0.407 e. The van der Waals surface area contributed by atoms with Crippen LogP contribution < -0.4 is 5.32 Å². The molecule has 0 aliphatic rings. The number of H-pyrrole nitrogens is 1. The molecule has 0 unspecified atom stereocenters. The zero-order valence-corrected chi connectivity index (χ0v) is 20.2. The number of nitrogens with one attached hydrogen (secondary N) is 2. The molecule has 1 heterocycles. The van der Waals surface area contributed by atoms with Gasteiger partial charge in [-0.25, -0.2) is 9.78 Å². The summed E-state index contributed by atoms with van der Waals surface area (Å²) in [6, 6.07) is 7.19. The first-order valence-electron chi connectivity index (χ1n) is 10.2. The van der Waals surface area contributed by atoms with Crippen LogP contribution in [-0.2, 0) is 20.8 Å². The van der Waals surface area contributed by atoms with Gasteiger partial charge in [0.2, 0.25) is 5.91 Å². The lowest BCUT2D eigenvalue weighted by atomic mass is 10.0. The van der Waals surface area contributed by atoms with E-state index in [2.05, 4.69) is 31.2 Å². The predicted octanol–water partition coefficient (Wildman–Crippen LogP) is 3.83. The van der Waals surface area contributed by atoms with Gasteiger partial charge < -0.3 is 24.7 Å². The molecule has 0 saturated carbocycles. The SMILES string of the molecule is COC[C@@H](C)CN(Cc1ncc(-c2ccc(Br)cc2)[nH]1)C(=O)[C@@H](NC(=O)OC)C(C)C. The minimum absolute atomic E-state index is 0.109. The van der Waals surface area contributed by atoms with Crippen molar-refractivity contribution in [3.8, 4) is 11.3 Å². The van der Waals surface area contributed by atoms with Gasteiger partial charge in [0.25, 0.3) is 0 Å². The highest BCUT2D eigenvalue weighted by atomic mass is 79.9. The molecule has 9 heteroatoms. The molecule has 2 amide bonds. The van der Waals surface area contributed by atoms with E-state index >= 15 is 0 Å². The second-order valence-corrected chi connectivity index (χ2v) is 8.80. The van der Waals surface area contributed by atoms with Gasteiger partial charge in [0, 0.05) is 18.1 Å². The van der Waals surface area contributed by atoms with Crippen molar-refractivity contribution in [3.05, 3.63) is 40.8 Å². The number of amides is 2. The van der Waals surface area contributed by atoms with Gasteiger partial charge in [-0.1, -0.05) is 48.8 Å². The van der Waals surface area contributed by atoms with Gasteiger partial charge in [-0.15, -0.1) is 0 Å². The van der Waals surface area contributed by atoms with E-state index in [9.17, 15) is 9.59 Å². The average Bonchev–Trinajstić information content (AvgIpc) is 3.19. The molecule has 8 nitrogen and oxygen atoms in total. The summed E-state index contributed by atoms with van der Waals surface area (Å²) in [6.45, 7) is 7.05. The molecule has 2 N–H and O–H groups in total. The van der Waals surface area contributed by atoms with Gasteiger partial charge in [-0.05, 0) is 29.5 Å². The van der Waals surface area contributed by atoms with E-state index < -0.39 is 12.1 Å². The number of carbonyl (C=O) groups is 2. The van der Waals surface area contributed by atoms with Crippen molar-refractivity contribution in [3.63, 3.8) is 0 Å². The maximum absolute atomic E-state index is 13.4. The number of rotatable bonds is 10. The topological polar surface area (TPSA) is 96.5 Å². The fraction of sp³-hybridized carbons (Fsp3) is 0.500. The molecule has 170 valence electrons. The first kappa shape index (κ1) is 24.9. The zero-order chi connectivity index (χ0) is 23.0. The summed E-state index contributed by atoms with van der Waals surface area (Å²) < 4.78 is 10.9. The minimum Gasteiger partial charge on any atom is -0.453 e. The lowest BCUT2D eigenvalue weighted by Gasteiger charge is -2.30. The van der Waals surface area contributed by atoms with Gasteiger partial charge in [-0.3, -0.25) is 4.79 Å². The van der Waals surface area contributed by atoms with Crippen molar-refractivity contribution in [2.24, 2.45) is 11.8 Å². The zero-order valence-electron chi connectivity index (χ0n) is 18.6. The molecule has 0 aliphatic heterocycles. The normalized spacial score (nSPS) is 13.0. The van der Waals surface area contributed by atoms with Crippen LogP contribution in [0.5, 0.6) is 0 Å². The summed E-state index contributed by atoms with van der Waals surface area (Å²) in [5.74, 6) is 0.476. The van der Waals surface area contributed by atoms with Crippen LogP contribution >= 0.6 is 15.9 Å². The fourth-order valence-corrected chi connectivity index (χ4v) is 3.51. The van der Waals surface area contributed by atoms with Crippen LogP contribution in [-0.4, -0.2) is 60.3 Å². The molecular formula is C22H31BrN4O4. The third-order valence-electron chi connectivity index (χ3n) is 4.81. The Labute approximate surface area is 191 Å². The Kier molecular flexibility index (Phi) is 9.51. The number of carbonyl (C=O) groups excluding carboxylic acids is 2. The Bertz CT molecular complexity index is 853. The van der Waals surface area contributed by atoms with Gasteiger partial charge in [0.05, 0.1) is 32.2 Å². The van der Waals surface area contributed by atoms with Crippen LogP contribution in [0.1, 0.15) is 26.6 Å². The lowest BCUT2D eigenvalue weighted by Crippen LogP contribution is -2.52. The Morgan fingerprint density at radius 3 is 2.45 bits per heavy atom. The second-order valence-electron chi connectivity index (χ2n) is 7.89. The van der Waals surface area contributed by atoms with E-state index in [1.807, 2.05) is 45.0 Å². The van der Waals surface area contributed by atoms with Crippen LogP contribution in [0.2, 0.25) is 0 Å². The number of aromatic nitrogens is 2. The Balaban J connectivity index is 2.23. The molecule has 1 aromatic carbocycles. The standard InChI is InChI=1S/C22H31BrN4O4/c1-14(2)20(26-22(29)31-5)21(28)27(11-15(3)13-30-4)12-19-24-10-18(25-19)16-6-8-17(23)9-7-16/h6-10,14-15,20H,11-13H2,1-5H3,(H,24,25)(H,26,29)/t15-,20-/m0/s1. The first-order chi connectivity index (χ1) is 14.7. The molecule has 0 fully saturated rings. The highest BCUT2D eigenvalue weighted by molar-refractivity contribution is 9.10. The average molecular weight is 495 g/mol. The molecule has 2 aromatic rings. The predicted molar refractivity (Wildman–Crippen MR) is 122 cm³/mol. The van der Waals surface area contributed by atoms with E-state index in [1.165, 1.54) is 7.11 Å². The van der Waals surface area contributed by atoms with Crippen LogP contribution in [0.4, 0.5) is 4.79 Å². The van der Waals surface area contributed by atoms with Crippen molar-refractivity contribution < 1.29 is 19.1 Å². The van der Waals surface area contributed by atoms with Crippen LogP contribution in [0.15, 0.2) is 34.9 Å². The highest BCUT2D eigenvalue weighted by Gasteiger charge is 2.30. The maximum Gasteiger partial charge on any atom is 0.407 e. The van der Waals surface area contributed by atoms with Crippen molar-refractivity contribution >= 4 is 27.9 Å². The third-order valence-corrected chi connectivity index (χ3v) is 5.34. The summed E-state index contributed by atoms with van der Waals surface area (Å²) in [6.07, 6.45) is 1.12. The number of imidazole rings is 1. The van der Waals surface area contributed by atoms with E-state index in [4.69, 9.17) is 9.47 Å². The maximum atomic E-state index is 13.4. The summed E-state index contributed by atoms with van der Waals surface area (Å²) in [5.41, 5.74) is 1.87. The van der Waals surface area contributed by atoms with Crippen molar-refractivity contribution in [2.45, 2.75) is 33.4 Å². The second kappa shape index (κ2) is 11.9. The van der Waals surface area contributed by atoms with Crippen LogP contribution in [0.3, 0.4) is 0 Å². The van der Waals surface area contributed by atoms with Crippen LogP contribution in [0, 0.1) is 11.8 Å². The highest BCUT2D eigenvalue weighted by Crippen LogP contribution is 2.21. The molecule has 0 spiro atoms. The van der Waals surface area contributed by atoms with Crippen molar-refractivity contribution in [1.29, 1.82) is 0 Å². The summed E-state index contributed by atoms with van der Waals surface area (Å²) in [5, 5.41) is 2.66. The van der Waals surface area contributed by atoms with Gasteiger partial charge in [0.15, 0.2) is 0 Å². The Morgan fingerprint density at radius 2 is 1.87 bits per heavy atom. The molecule has 0 radical (unpaired) electrons. The number of nitrogens with zero attached hydrogens (tertiary/aromatic N) is 2. The van der Waals surface area contributed by atoms with E-state index in [0.717, 1.165) is 15.7 Å². The van der Waals surface area contributed by atoms with Crippen molar-refractivity contribution in [1.82, 2.24) is 20.2 Å². The van der Waals surface area contributed by atoms with Crippen molar-refractivity contribution in [2.75, 3.05) is 27.4 Å².